The van der Waals surface area contributed by atoms with Crippen molar-refractivity contribution < 1.29 is 9.13 Å². The molecular formula is C22H22BrFN2O2. The first kappa shape index (κ1) is 20.3. The van der Waals surface area contributed by atoms with Crippen LogP contribution in [0.3, 0.4) is 0 Å². The van der Waals surface area contributed by atoms with Crippen molar-refractivity contribution in [2.24, 2.45) is 0 Å². The predicted octanol–water partition coefficient (Wildman–Crippen LogP) is 5.07. The largest absolute Gasteiger partial charge is 0.472 e. The Kier molecular flexibility index (Phi) is 5.98. The van der Waals surface area contributed by atoms with Crippen molar-refractivity contribution in [3.8, 4) is 5.88 Å². The van der Waals surface area contributed by atoms with Crippen LogP contribution in [0.4, 0.5) is 4.39 Å². The predicted molar refractivity (Wildman–Crippen MR) is 111 cm³/mol. The Morgan fingerprint density at radius 1 is 1.11 bits per heavy atom. The minimum absolute atomic E-state index is 0.0934. The average molecular weight is 445 g/mol. The number of hydrogen-bond acceptors (Lipinski definition) is 3. The van der Waals surface area contributed by atoms with E-state index in [4.69, 9.17) is 4.74 Å². The fraction of sp³-hybridized carbons (Fsp3) is 0.273. The molecule has 0 aliphatic heterocycles. The van der Waals surface area contributed by atoms with Crippen LogP contribution >= 0.6 is 15.9 Å². The summed E-state index contributed by atoms with van der Waals surface area (Å²) in [6.45, 7) is 7.04. The molecule has 1 aromatic heterocycles. The van der Waals surface area contributed by atoms with E-state index in [0.717, 1.165) is 5.56 Å². The molecule has 0 amide bonds. The molecule has 0 bridgehead atoms. The summed E-state index contributed by atoms with van der Waals surface area (Å²) in [5.41, 5.74) is 2.73. The Morgan fingerprint density at radius 3 is 2.46 bits per heavy atom. The molecule has 6 heteroatoms. The summed E-state index contributed by atoms with van der Waals surface area (Å²) in [4.78, 5) is 16.8. The number of rotatable bonds is 5. The SMILES string of the molecule is CC(C)(C)c1ccc(COc2ncn(Cc3cccc(F)c3)c(=O)c2Br)cc1. The van der Waals surface area contributed by atoms with Crippen molar-refractivity contribution in [1.82, 2.24) is 9.55 Å². The summed E-state index contributed by atoms with van der Waals surface area (Å²) in [7, 11) is 0. The molecule has 0 saturated heterocycles. The van der Waals surface area contributed by atoms with Crippen LogP contribution in [-0.2, 0) is 18.6 Å². The summed E-state index contributed by atoms with van der Waals surface area (Å²) < 4.78 is 20.7. The van der Waals surface area contributed by atoms with Crippen LogP contribution in [0.2, 0.25) is 0 Å². The van der Waals surface area contributed by atoms with Gasteiger partial charge < -0.3 is 4.74 Å². The van der Waals surface area contributed by atoms with Gasteiger partial charge in [-0.05, 0) is 50.2 Å². The monoisotopic (exact) mass is 444 g/mol. The third-order valence-electron chi connectivity index (χ3n) is 4.39. The number of ether oxygens (including phenoxy) is 1. The van der Waals surface area contributed by atoms with Gasteiger partial charge in [0.2, 0.25) is 5.88 Å². The molecule has 3 rings (SSSR count). The van der Waals surface area contributed by atoms with Crippen LogP contribution < -0.4 is 10.3 Å². The van der Waals surface area contributed by atoms with E-state index in [1.807, 2.05) is 12.1 Å². The van der Waals surface area contributed by atoms with Crippen LogP contribution in [-0.4, -0.2) is 9.55 Å². The zero-order chi connectivity index (χ0) is 20.3. The van der Waals surface area contributed by atoms with Crippen molar-refractivity contribution in [2.45, 2.75) is 39.3 Å². The van der Waals surface area contributed by atoms with Gasteiger partial charge in [0.15, 0.2) is 0 Å². The van der Waals surface area contributed by atoms with Gasteiger partial charge in [0, 0.05) is 0 Å². The molecule has 0 unspecified atom stereocenters. The zero-order valence-electron chi connectivity index (χ0n) is 16.1. The highest BCUT2D eigenvalue weighted by molar-refractivity contribution is 9.10. The highest BCUT2D eigenvalue weighted by atomic mass is 79.9. The second-order valence-electron chi connectivity index (χ2n) is 7.66. The maximum atomic E-state index is 13.3. The summed E-state index contributed by atoms with van der Waals surface area (Å²) in [5, 5.41) is 0. The topological polar surface area (TPSA) is 44.1 Å². The smallest absolute Gasteiger partial charge is 0.271 e. The number of halogens is 2. The molecule has 4 nitrogen and oxygen atoms in total. The standard InChI is InChI=1S/C22H22BrFN2O2/c1-22(2,3)17-9-7-15(8-10-17)13-28-20-19(23)21(27)26(14-25-20)12-16-5-4-6-18(24)11-16/h4-11,14H,12-13H2,1-3H3. The summed E-state index contributed by atoms with van der Waals surface area (Å²) in [5.74, 6) is -0.101. The number of hydrogen-bond donors (Lipinski definition) is 0. The maximum Gasteiger partial charge on any atom is 0.271 e. The van der Waals surface area contributed by atoms with Gasteiger partial charge in [-0.2, -0.15) is 0 Å². The summed E-state index contributed by atoms with van der Waals surface area (Å²) in [6, 6.07) is 14.3. The molecule has 1 heterocycles. The Balaban J connectivity index is 1.71. The lowest BCUT2D eigenvalue weighted by Crippen LogP contribution is -2.22. The van der Waals surface area contributed by atoms with Crippen molar-refractivity contribution in [3.05, 3.63) is 92.2 Å². The third kappa shape index (κ3) is 4.87. The van der Waals surface area contributed by atoms with Crippen molar-refractivity contribution >= 4 is 15.9 Å². The Bertz CT molecular complexity index is 1020. The van der Waals surface area contributed by atoms with Gasteiger partial charge in [-0.3, -0.25) is 9.36 Å². The quantitative estimate of drug-likeness (QED) is 0.551. The fourth-order valence-electron chi connectivity index (χ4n) is 2.75. The number of aromatic nitrogens is 2. The maximum absolute atomic E-state index is 13.3. The molecule has 0 aliphatic carbocycles. The van der Waals surface area contributed by atoms with Gasteiger partial charge in [0.25, 0.3) is 5.56 Å². The lowest BCUT2D eigenvalue weighted by molar-refractivity contribution is 0.289. The molecule has 0 fully saturated rings. The molecule has 0 aliphatic rings. The van der Waals surface area contributed by atoms with Crippen molar-refractivity contribution in [3.63, 3.8) is 0 Å². The molecule has 0 spiro atoms. The van der Waals surface area contributed by atoms with E-state index < -0.39 is 0 Å². The molecule has 0 atom stereocenters. The Hall–Kier alpha value is -2.47. The second-order valence-corrected chi connectivity index (χ2v) is 8.46. The van der Waals surface area contributed by atoms with Gasteiger partial charge in [-0.25, -0.2) is 9.37 Å². The van der Waals surface area contributed by atoms with Gasteiger partial charge in [0.05, 0.1) is 6.54 Å². The van der Waals surface area contributed by atoms with E-state index in [1.165, 1.54) is 28.6 Å². The first-order valence-corrected chi connectivity index (χ1v) is 9.75. The minimum atomic E-state index is -0.338. The van der Waals surface area contributed by atoms with E-state index in [2.05, 4.69) is 53.8 Å². The number of nitrogens with zero attached hydrogens (tertiary/aromatic N) is 2. The first-order chi connectivity index (χ1) is 13.2. The molecule has 2 aromatic carbocycles. The van der Waals surface area contributed by atoms with Crippen LogP contribution in [0.25, 0.3) is 0 Å². The van der Waals surface area contributed by atoms with Gasteiger partial charge in [-0.1, -0.05) is 57.2 Å². The van der Waals surface area contributed by atoms with E-state index >= 15 is 0 Å². The summed E-state index contributed by atoms with van der Waals surface area (Å²) >= 11 is 3.28. The van der Waals surface area contributed by atoms with Gasteiger partial charge in [0.1, 0.15) is 23.2 Å². The lowest BCUT2D eigenvalue weighted by Gasteiger charge is -2.19. The van der Waals surface area contributed by atoms with E-state index in [9.17, 15) is 9.18 Å². The van der Waals surface area contributed by atoms with Crippen LogP contribution in [0, 0.1) is 5.82 Å². The molecule has 3 aromatic rings. The van der Waals surface area contributed by atoms with Crippen molar-refractivity contribution in [1.29, 1.82) is 0 Å². The van der Waals surface area contributed by atoms with Crippen molar-refractivity contribution in [2.75, 3.05) is 0 Å². The van der Waals surface area contributed by atoms with Crippen LogP contribution in [0.15, 0.2) is 64.1 Å². The summed E-state index contributed by atoms with van der Waals surface area (Å²) in [6.07, 6.45) is 1.41. The average Bonchev–Trinajstić information content (AvgIpc) is 2.65. The molecule has 146 valence electrons. The molecular weight excluding hydrogens is 423 g/mol. The Morgan fingerprint density at radius 2 is 1.82 bits per heavy atom. The van der Waals surface area contributed by atoms with E-state index in [0.29, 0.717) is 12.2 Å². The van der Waals surface area contributed by atoms with Gasteiger partial charge >= 0.3 is 0 Å². The van der Waals surface area contributed by atoms with E-state index in [-0.39, 0.29) is 33.7 Å². The molecule has 0 saturated carbocycles. The highest BCUT2D eigenvalue weighted by Crippen LogP contribution is 2.23. The number of benzene rings is 2. The highest BCUT2D eigenvalue weighted by Gasteiger charge is 2.14. The van der Waals surface area contributed by atoms with E-state index in [1.54, 1.807) is 12.1 Å². The van der Waals surface area contributed by atoms with Crippen LogP contribution in [0.5, 0.6) is 5.88 Å². The second kappa shape index (κ2) is 8.27. The molecule has 0 radical (unpaired) electrons. The fourth-order valence-corrected chi connectivity index (χ4v) is 3.19. The molecule has 0 N–H and O–H groups in total. The Labute approximate surface area is 172 Å². The van der Waals surface area contributed by atoms with Gasteiger partial charge in [-0.15, -0.1) is 0 Å². The minimum Gasteiger partial charge on any atom is -0.472 e. The lowest BCUT2D eigenvalue weighted by atomic mass is 9.87. The third-order valence-corrected chi connectivity index (χ3v) is 5.07. The molecule has 28 heavy (non-hydrogen) atoms. The van der Waals surface area contributed by atoms with Crippen LogP contribution in [0.1, 0.15) is 37.5 Å². The first-order valence-electron chi connectivity index (χ1n) is 8.95. The zero-order valence-corrected chi connectivity index (χ0v) is 17.7. The normalized spacial score (nSPS) is 11.5.